The van der Waals surface area contributed by atoms with Crippen LogP contribution in [-0.4, -0.2) is 37.3 Å². The van der Waals surface area contributed by atoms with E-state index in [9.17, 15) is 21.6 Å². The quantitative estimate of drug-likeness (QED) is 0.879. The molecule has 3 rings (SSSR count). The standard InChI is InChI=1S/C17H18F3N3O2S/c18-17(19,20)15-5-1-3-13(9-15)12-26(24,25)23-8-7-22-11-16(23)14-4-2-6-21-10-14/h1-6,9-10,16,22H,7-8,11-12H2. The summed E-state index contributed by atoms with van der Waals surface area (Å²) in [4.78, 5) is 4.02. The van der Waals surface area contributed by atoms with E-state index in [4.69, 9.17) is 0 Å². The van der Waals surface area contributed by atoms with E-state index in [-0.39, 0.29) is 12.1 Å². The Morgan fingerprint density at radius 3 is 2.73 bits per heavy atom. The van der Waals surface area contributed by atoms with Gasteiger partial charge in [0.1, 0.15) is 0 Å². The Hall–Kier alpha value is -1.97. The average molecular weight is 385 g/mol. The number of piperazine rings is 1. The first-order valence-electron chi connectivity index (χ1n) is 8.04. The van der Waals surface area contributed by atoms with Gasteiger partial charge in [-0.2, -0.15) is 17.5 Å². The molecule has 5 nitrogen and oxygen atoms in total. The molecule has 0 saturated carbocycles. The summed E-state index contributed by atoms with van der Waals surface area (Å²) in [6.07, 6.45) is -1.31. The van der Waals surface area contributed by atoms with Crippen LogP contribution in [0.3, 0.4) is 0 Å². The van der Waals surface area contributed by atoms with Crippen molar-refractivity contribution in [3.63, 3.8) is 0 Å². The third-order valence-electron chi connectivity index (χ3n) is 4.22. The highest BCUT2D eigenvalue weighted by Gasteiger charge is 2.34. The first kappa shape index (κ1) is 18.8. The summed E-state index contributed by atoms with van der Waals surface area (Å²) in [5, 5.41) is 3.15. The third-order valence-corrected chi connectivity index (χ3v) is 6.07. The number of aromatic nitrogens is 1. The van der Waals surface area contributed by atoms with E-state index in [2.05, 4.69) is 10.3 Å². The molecule has 2 aromatic rings. The number of nitrogens with zero attached hydrogens (tertiary/aromatic N) is 2. The summed E-state index contributed by atoms with van der Waals surface area (Å²) in [6.45, 7) is 1.16. The first-order chi connectivity index (χ1) is 12.3. The molecular formula is C17H18F3N3O2S. The van der Waals surface area contributed by atoms with E-state index in [0.717, 1.165) is 17.7 Å². The molecule has 9 heteroatoms. The number of sulfonamides is 1. The van der Waals surface area contributed by atoms with Crippen molar-refractivity contribution >= 4 is 10.0 Å². The van der Waals surface area contributed by atoms with Crippen LogP contribution in [0.1, 0.15) is 22.7 Å². The summed E-state index contributed by atoms with van der Waals surface area (Å²) < 4.78 is 65.7. The van der Waals surface area contributed by atoms with Crippen LogP contribution in [0.2, 0.25) is 0 Å². The van der Waals surface area contributed by atoms with Crippen molar-refractivity contribution in [3.05, 3.63) is 65.5 Å². The molecule has 1 saturated heterocycles. The molecule has 1 N–H and O–H groups in total. The van der Waals surface area contributed by atoms with Gasteiger partial charge in [-0.05, 0) is 23.3 Å². The maximum atomic E-state index is 12.9. The number of benzene rings is 1. The average Bonchev–Trinajstić information content (AvgIpc) is 2.62. The normalized spacial score (nSPS) is 19.4. The maximum absolute atomic E-state index is 12.9. The van der Waals surface area contributed by atoms with Crippen molar-refractivity contribution in [2.24, 2.45) is 0 Å². The maximum Gasteiger partial charge on any atom is 0.416 e. The molecule has 1 fully saturated rings. The van der Waals surface area contributed by atoms with E-state index < -0.39 is 33.6 Å². The van der Waals surface area contributed by atoms with Gasteiger partial charge in [0, 0.05) is 32.0 Å². The van der Waals surface area contributed by atoms with Crippen molar-refractivity contribution in [3.8, 4) is 0 Å². The number of pyridine rings is 1. The Morgan fingerprint density at radius 2 is 2.04 bits per heavy atom. The van der Waals surface area contributed by atoms with Crippen molar-refractivity contribution in [2.75, 3.05) is 19.6 Å². The number of alkyl halides is 3. The van der Waals surface area contributed by atoms with E-state index in [1.54, 1.807) is 24.5 Å². The molecule has 1 aliphatic heterocycles. The molecule has 0 radical (unpaired) electrons. The monoisotopic (exact) mass is 385 g/mol. The predicted molar refractivity (Wildman–Crippen MR) is 90.6 cm³/mol. The lowest BCUT2D eigenvalue weighted by Crippen LogP contribution is -2.48. The van der Waals surface area contributed by atoms with Crippen LogP contribution in [0.25, 0.3) is 0 Å². The lowest BCUT2D eigenvalue weighted by atomic mass is 10.1. The van der Waals surface area contributed by atoms with Crippen LogP contribution in [0.5, 0.6) is 0 Å². The fraction of sp³-hybridized carbons (Fsp3) is 0.353. The minimum atomic E-state index is -4.51. The molecule has 0 bridgehead atoms. The second-order valence-electron chi connectivity index (χ2n) is 6.07. The van der Waals surface area contributed by atoms with Crippen LogP contribution in [-0.2, 0) is 22.0 Å². The highest BCUT2D eigenvalue weighted by Crippen LogP contribution is 2.31. The van der Waals surface area contributed by atoms with E-state index in [0.29, 0.717) is 13.1 Å². The second-order valence-corrected chi connectivity index (χ2v) is 7.99. The van der Waals surface area contributed by atoms with Gasteiger partial charge < -0.3 is 5.32 Å². The van der Waals surface area contributed by atoms with Gasteiger partial charge in [0.2, 0.25) is 10.0 Å². The topological polar surface area (TPSA) is 62.3 Å². The van der Waals surface area contributed by atoms with Crippen LogP contribution in [0.15, 0.2) is 48.8 Å². The fourth-order valence-corrected chi connectivity index (χ4v) is 4.73. The lowest BCUT2D eigenvalue weighted by molar-refractivity contribution is -0.137. The minimum Gasteiger partial charge on any atom is -0.313 e. The molecule has 1 aromatic heterocycles. The lowest BCUT2D eigenvalue weighted by Gasteiger charge is -2.35. The molecule has 0 spiro atoms. The van der Waals surface area contributed by atoms with Crippen molar-refractivity contribution in [1.82, 2.24) is 14.6 Å². The SMILES string of the molecule is O=S(=O)(Cc1cccc(C(F)(F)F)c1)N1CCNCC1c1cccnc1. The molecule has 1 aliphatic rings. The third kappa shape index (κ3) is 4.22. The Kier molecular flexibility index (Phi) is 5.31. The molecule has 1 atom stereocenters. The van der Waals surface area contributed by atoms with E-state index in [1.807, 2.05) is 0 Å². The van der Waals surface area contributed by atoms with Crippen LogP contribution in [0.4, 0.5) is 13.2 Å². The highest BCUT2D eigenvalue weighted by molar-refractivity contribution is 7.88. The number of hydrogen-bond acceptors (Lipinski definition) is 4. The highest BCUT2D eigenvalue weighted by atomic mass is 32.2. The van der Waals surface area contributed by atoms with Gasteiger partial charge in [0.15, 0.2) is 0 Å². The molecular weight excluding hydrogens is 367 g/mol. The number of nitrogens with one attached hydrogen (secondary N) is 1. The van der Waals surface area contributed by atoms with Gasteiger partial charge in [0.25, 0.3) is 0 Å². The van der Waals surface area contributed by atoms with Gasteiger partial charge in [-0.1, -0.05) is 24.3 Å². The van der Waals surface area contributed by atoms with Crippen LogP contribution in [0, 0.1) is 0 Å². The summed E-state index contributed by atoms with van der Waals surface area (Å²) in [5.74, 6) is -0.478. The summed E-state index contributed by atoms with van der Waals surface area (Å²) >= 11 is 0. The first-order valence-corrected chi connectivity index (χ1v) is 9.64. The molecule has 140 valence electrons. The van der Waals surface area contributed by atoms with Crippen molar-refractivity contribution in [2.45, 2.75) is 18.0 Å². The zero-order valence-corrected chi connectivity index (χ0v) is 14.6. The summed E-state index contributed by atoms with van der Waals surface area (Å²) in [6, 6.07) is 7.52. The molecule has 1 unspecified atom stereocenters. The van der Waals surface area contributed by atoms with Gasteiger partial charge in [-0.15, -0.1) is 0 Å². The molecule has 26 heavy (non-hydrogen) atoms. The van der Waals surface area contributed by atoms with Crippen molar-refractivity contribution in [1.29, 1.82) is 0 Å². The second kappa shape index (κ2) is 7.34. The van der Waals surface area contributed by atoms with E-state index in [1.165, 1.54) is 16.4 Å². The van der Waals surface area contributed by atoms with Gasteiger partial charge in [-0.3, -0.25) is 4.98 Å². The molecule has 2 heterocycles. The Bertz CT molecular complexity index is 857. The van der Waals surface area contributed by atoms with E-state index >= 15 is 0 Å². The van der Waals surface area contributed by atoms with Crippen LogP contribution >= 0.6 is 0 Å². The largest absolute Gasteiger partial charge is 0.416 e. The van der Waals surface area contributed by atoms with Crippen LogP contribution < -0.4 is 5.32 Å². The molecule has 1 aromatic carbocycles. The van der Waals surface area contributed by atoms with Crippen molar-refractivity contribution < 1.29 is 21.6 Å². The smallest absolute Gasteiger partial charge is 0.313 e. The Balaban J connectivity index is 1.87. The Morgan fingerprint density at radius 1 is 1.23 bits per heavy atom. The summed E-state index contributed by atoms with van der Waals surface area (Å²) in [7, 11) is -3.80. The molecule has 0 aliphatic carbocycles. The predicted octanol–water partition coefficient (Wildman–Crippen LogP) is 2.58. The minimum absolute atomic E-state index is 0.114. The van der Waals surface area contributed by atoms with Gasteiger partial charge in [0.05, 0.1) is 17.4 Å². The summed E-state index contributed by atoms with van der Waals surface area (Å²) in [5.41, 5.74) is 0.00457. The zero-order chi connectivity index (χ0) is 18.8. The van der Waals surface area contributed by atoms with Gasteiger partial charge in [-0.25, -0.2) is 8.42 Å². The number of rotatable bonds is 4. The molecule has 0 amide bonds. The zero-order valence-electron chi connectivity index (χ0n) is 13.8. The number of hydrogen-bond donors (Lipinski definition) is 1. The van der Waals surface area contributed by atoms with Gasteiger partial charge >= 0.3 is 6.18 Å². The fourth-order valence-electron chi connectivity index (χ4n) is 3.01. The Labute approximate surface area is 149 Å². The number of halogens is 3.